The minimum Gasteiger partial charge on any atom is -0.369 e. The number of rotatable bonds is 4. The van der Waals surface area contributed by atoms with E-state index in [0.29, 0.717) is 6.10 Å². The van der Waals surface area contributed by atoms with E-state index < -0.39 is 0 Å². The van der Waals surface area contributed by atoms with Gasteiger partial charge in [-0.05, 0) is 6.42 Å². The molecule has 0 saturated carbocycles. The smallest absolute Gasteiger partial charge is 0.231 e. The molecule has 1 heterocycles. The lowest BCUT2D eigenvalue weighted by Gasteiger charge is -1.93. The molecule has 4 nitrogen and oxygen atoms in total. The Morgan fingerprint density at radius 3 is 2.90 bits per heavy atom. The van der Waals surface area contributed by atoms with Crippen molar-refractivity contribution in [2.75, 3.05) is 6.54 Å². The highest BCUT2D eigenvalue weighted by atomic mass is 16.6. The number of epoxide rings is 1. The summed E-state index contributed by atoms with van der Waals surface area (Å²) in [5.41, 5.74) is 4.90. The van der Waals surface area contributed by atoms with Crippen LogP contribution in [0.1, 0.15) is 13.3 Å². The van der Waals surface area contributed by atoms with E-state index in [1.54, 1.807) is 0 Å². The van der Waals surface area contributed by atoms with Crippen molar-refractivity contribution in [1.82, 2.24) is 5.32 Å². The molecule has 0 aromatic heterocycles. The lowest BCUT2D eigenvalue weighted by atomic mass is 10.3. The van der Waals surface area contributed by atoms with Gasteiger partial charge in [-0.1, -0.05) is 6.92 Å². The number of primary amides is 1. The fourth-order valence-corrected chi connectivity index (χ4v) is 0.834. The molecule has 4 heteroatoms. The zero-order valence-electron chi connectivity index (χ0n) is 5.96. The molecule has 3 N–H and O–H groups in total. The minimum absolute atomic E-state index is 0.0671. The molecule has 2 unspecified atom stereocenters. The number of amides is 1. The van der Waals surface area contributed by atoms with Crippen molar-refractivity contribution in [1.29, 1.82) is 0 Å². The molecular formula is C6H12N2O2. The first-order valence-electron chi connectivity index (χ1n) is 3.41. The van der Waals surface area contributed by atoms with Crippen molar-refractivity contribution in [2.24, 2.45) is 5.73 Å². The van der Waals surface area contributed by atoms with Gasteiger partial charge in [0.1, 0.15) is 6.23 Å². The second-order valence-corrected chi connectivity index (χ2v) is 2.35. The molecule has 0 spiro atoms. The number of ether oxygens (including phenoxy) is 1. The van der Waals surface area contributed by atoms with E-state index in [1.807, 2.05) is 6.92 Å². The van der Waals surface area contributed by atoms with E-state index in [1.165, 1.54) is 0 Å². The average molecular weight is 144 g/mol. The predicted molar refractivity (Wildman–Crippen MR) is 36.1 cm³/mol. The number of nitrogens with one attached hydrogen (secondary N) is 1. The van der Waals surface area contributed by atoms with Gasteiger partial charge < -0.3 is 10.5 Å². The van der Waals surface area contributed by atoms with E-state index in [0.717, 1.165) is 6.42 Å². The van der Waals surface area contributed by atoms with Gasteiger partial charge in [0, 0.05) is 0 Å². The van der Waals surface area contributed by atoms with Crippen LogP contribution in [0.15, 0.2) is 0 Å². The van der Waals surface area contributed by atoms with Gasteiger partial charge in [0.25, 0.3) is 0 Å². The number of hydrogen-bond acceptors (Lipinski definition) is 3. The van der Waals surface area contributed by atoms with Crippen LogP contribution < -0.4 is 11.1 Å². The Morgan fingerprint density at radius 1 is 1.80 bits per heavy atom. The van der Waals surface area contributed by atoms with Crippen molar-refractivity contribution >= 4 is 5.91 Å². The zero-order chi connectivity index (χ0) is 7.56. The van der Waals surface area contributed by atoms with Crippen molar-refractivity contribution in [2.45, 2.75) is 25.7 Å². The Morgan fingerprint density at radius 2 is 2.50 bits per heavy atom. The normalized spacial score (nSPS) is 30.1. The van der Waals surface area contributed by atoms with Gasteiger partial charge >= 0.3 is 0 Å². The van der Waals surface area contributed by atoms with E-state index in [2.05, 4.69) is 5.32 Å². The highest BCUT2D eigenvalue weighted by molar-refractivity contribution is 5.75. The third-order valence-electron chi connectivity index (χ3n) is 1.46. The Labute approximate surface area is 59.7 Å². The standard InChI is InChI=1S/C6H12N2O2/c1-2-4-6(10-4)8-3-5(7)9/h4,6,8H,2-3H2,1H3,(H2,7,9). The van der Waals surface area contributed by atoms with Crippen molar-refractivity contribution in [3.8, 4) is 0 Å². The summed E-state index contributed by atoms with van der Waals surface area (Å²) in [7, 11) is 0. The average Bonchev–Trinajstić information content (AvgIpc) is 2.61. The topological polar surface area (TPSA) is 67.7 Å². The Kier molecular flexibility index (Phi) is 2.24. The van der Waals surface area contributed by atoms with Crippen LogP contribution in [0.25, 0.3) is 0 Å². The van der Waals surface area contributed by atoms with Gasteiger partial charge in [0.05, 0.1) is 12.6 Å². The van der Waals surface area contributed by atoms with Crippen LogP contribution in [0, 0.1) is 0 Å². The molecule has 0 aromatic rings. The largest absolute Gasteiger partial charge is 0.369 e. The van der Waals surface area contributed by atoms with Crippen LogP contribution in [0.5, 0.6) is 0 Å². The van der Waals surface area contributed by atoms with E-state index in [4.69, 9.17) is 10.5 Å². The SMILES string of the molecule is CCC1OC1NCC(N)=O. The fraction of sp³-hybridized carbons (Fsp3) is 0.833. The highest BCUT2D eigenvalue weighted by Gasteiger charge is 2.36. The first-order valence-corrected chi connectivity index (χ1v) is 3.41. The van der Waals surface area contributed by atoms with Gasteiger partial charge in [0.2, 0.25) is 5.91 Å². The number of hydrogen-bond donors (Lipinski definition) is 2. The molecule has 1 saturated heterocycles. The van der Waals surface area contributed by atoms with E-state index >= 15 is 0 Å². The second-order valence-electron chi connectivity index (χ2n) is 2.35. The van der Waals surface area contributed by atoms with E-state index in [9.17, 15) is 4.79 Å². The molecule has 10 heavy (non-hydrogen) atoms. The second kappa shape index (κ2) is 2.98. The lowest BCUT2D eigenvalue weighted by molar-refractivity contribution is -0.117. The van der Waals surface area contributed by atoms with Crippen LogP contribution in [-0.2, 0) is 9.53 Å². The first-order chi connectivity index (χ1) is 4.74. The van der Waals surface area contributed by atoms with Crippen molar-refractivity contribution in [3.05, 3.63) is 0 Å². The molecular weight excluding hydrogens is 132 g/mol. The van der Waals surface area contributed by atoms with E-state index in [-0.39, 0.29) is 18.7 Å². The summed E-state index contributed by atoms with van der Waals surface area (Å²) in [6.07, 6.45) is 1.34. The highest BCUT2D eigenvalue weighted by Crippen LogP contribution is 2.21. The summed E-state index contributed by atoms with van der Waals surface area (Å²) in [5.74, 6) is -0.342. The summed E-state index contributed by atoms with van der Waals surface area (Å²) >= 11 is 0. The molecule has 2 atom stereocenters. The summed E-state index contributed by atoms with van der Waals surface area (Å²) in [6, 6.07) is 0. The summed E-state index contributed by atoms with van der Waals surface area (Å²) in [5, 5.41) is 2.86. The van der Waals surface area contributed by atoms with Crippen LogP contribution in [0.2, 0.25) is 0 Å². The number of carbonyl (C=O) groups excluding carboxylic acids is 1. The van der Waals surface area contributed by atoms with Gasteiger partial charge in [-0.15, -0.1) is 0 Å². The van der Waals surface area contributed by atoms with Crippen molar-refractivity contribution < 1.29 is 9.53 Å². The third-order valence-corrected chi connectivity index (χ3v) is 1.46. The maximum absolute atomic E-state index is 10.2. The molecule has 0 radical (unpaired) electrons. The molecule has 1 aliphatic rings. The molecule has 58 valence electrons. The van der Waals surface area contributed by atoms with Crippen LogP contribution in [0.4, 0.5) is 0 Å². The van der Waals surface area contributed by atoms with Gasteiger partial charge in [0.15, 0.2) is 0 Å². The first kappa shape index (κ1) is 7.50. The number of carbonyl (C=O) groups is 1. The molecule has 0 bridgehead atoms. The molecule has 1 fully saturated rings. The Balaban J connectivity index is 2.01. The monoisotopic (exact) mass is 144 g/mol. The summed E-state index contributed by atoms with van der Waals surface area (Å²) in [4.78, 5) is 10.2. The minimum atomic E-state index is -0.342. The molecule has 1 rings (SSSR count). The van der Waals surface area contributed by atoms with Crippen LogP contribution in [-0.4, -0.2) is 24.8 Å². The maximum atomic E-state index is 10.2. The van der Waals surface area contributed by atoms with Crippen LogP contribution in [0.3, 0.4) is 0 Å². The van der Waals surface area contributed by atoms with Crippen LogP contribution >= 0.6 is 0 Å². The van der Waals surface area contributed by atoms with Gasteiger partial charge in [-0.25, -0.2) is 0 Å². The zero-order valence-corrected chi connectivity index (χ0v) is 5.96. The van der Waals surface area contributed by atoms with Gasteiger partial charge in [-0.2, -0.15) is 0 Å². The predicted octanol–water partition coefficient (Wildman–Crippen LogP) is -0.804. The summed E-state index contributed by atoms with van der Waals surface area (Å²) in [6.45, 7) is 2.25. The molecule has 0 aliphatic carbocycles. The maximum Gasteiger partial charge on any atom is 0.231 e. The fourth-order valence-electron chi connectivity index (χ4n) is 0.834. The molecule has 1 aliphatic heterocycles. The van der Waals surface area contributed by atoms with Crippen molar-refractivity contribution in [3.63, 3.8) is 0 Å². The summed E-state index contributed by atoms with van der Waals surface area (Å²) < 4.78 is 5.10. The quantitative estimate of drug-likeness (QED) is 0.507. The lowest BCUT2D eigenvalue weighted by Crippen LogP contribution is -2.31. The third kappa shape index (κ3) is 1.97. The Bertz CT molecular complexity index is 138. The molecule has 0 aromatic carbocycles. The van der Waals surface area contributed by atoms with Gasteiger partial charge in [-0.3, -0.25) is 10.1 Å². The molecule has 1 amide bonds. The Hall–Kier alpha value is -0.610. The number of nitrogens with two attached hydrogens (primary N) is 1.